The van der Waals surface area contributed by atoms with Gasteiger partial charge in [0.2, 0.25) is 0 Å². The van der Waals surface area contributed by atoms with Gasteiger partial charge in [0.05, 0.1) is 6.10 Å². The van der Waals surface area contributed by atoms with Crippen molar-refractivity contribution in [3.63, 3.8) is 0 Å². The number of hydrogen-bond donors (Lipinski definition) is 1. The van der Waals surface area contributed by atoms with E-state index in [1.807, 2.05) is 22.6 Å². The Labute approximate surface area is 89.8 Å². The van der Waals surface area contributed by atoms with Crippen LogP contribution in [0.3, 0.4) is 0 Å². The summed E-state index contributed by atoms with van der Waals surface area (Å²) in [5.41, 5.74) is 0. The Bertz CT molecular complexity index is 240. The van der Waals surface area contributed by atoms with Crippen molar-refractivity contribution in [3.05, 3.63) is 0 Å². The van der Waals surface area contributed by atoms with Crippen LogP contribution in [-0.2, 0) is 14.3 Å². The average Bonchev–Trinajstić information content (AvgIpc) is 2.50. The minimum absolute atomic E-state index is 0.0132. The molecule has 1 N–H and O–H groups in total. The lowest BCUT2D eigenvalue weighted by Crippen LogP contribution is -2.43. The molecule has 1 rings (SSSR count). The zero-order valence-electron chi connectivity index (χ0n) is 7.25. The van der Waals surface area contributed by atoms with Gasteiger partial charge in [-0.15, -0.1) is 0 Å². The van der Waals surface area contributed by atoms with Crippen molar-refractivity contribution in [2.75, 3.05) is 6.61 Å². The van der Waals surface area contributed by atoms with Gasteiger partial charge in [-0.25, -0.2) is 0 Å². The fourth-order valence-corrected chi connectivity index (χ4v) is 1.73. The first-order valence-electron chi connectivity index (χ1n) is 4.06. The zero-order chi connectivity index (χ0) is 10.1. The summed E-state index contributed by atoms with van der Waals surface area (Å²) in [6.07, 6.45) is 0.215. The van der Waals surface area contributed by atoms with Gasteiger partial charge in [0.15, 0.2) is 5.78 Å². The number of rotatable bonds is 3. The lowest BCUT2D eigenvalue weighted by Gasteiger charge is -2.26. The largest absolute Gasteiger partial charge is 0.480 e. The molecule has 1 aliphatic heterocycles. The molecule has 0 amide bonds. The molecule has 0 radical (unpaired) electrons. The van der Waals surface area contributed by atoms with Crippen LogP contribution in [0.15, 0.2) is 0 Å². The molecule has 1 aliphatic rings. The fourth-order valence-electron chi connectivity index (χ4n) is 1.33. The number of Topliss-reactive ketones (excluding diaryl/α,β-unsaturated/α-hetero) is 1. The molecular formula is C8H11IO4. The van der Waals surface area contributed by atoms with Gasteiger partial charge in [0.25, 0.3) is 0 Å². The maximum Gasteiger partial charge on any atom is 0.322 e. The number of ketones is 1. The number of aliphatic carboxylic acids is 1. The molecule has 1 heterocycles. The predicted molar refractivity (Wildman–Crippen MR) is 54.0 cm³/mol. The van der Waals surface area contributed by atoms with Crippen LogP contribution in [0.25, 0.3) is 0 Å². The summed E-state index contributed by atoms with van der Waals surface area (Å²) in [6.45, 7) is 1.84. The van der Waals surface area contributed by atoms with Gasteiger partial charge in [-0.3, -0.25) is 9.59 Å². The van der Waals surface area contributed by atoms with Crippen LogP contribution in [0.5, 0.6) is 0 Å². The van der Waals surface area contributed by atoms with Gasteiger partial charge in [-0.1, -0.05) is 29.5 Å². The Kier molecular flexibility index (Phi) is 3.28. The molecule has 1 saturated heterocycles. The Morgan fingerprint density at radius 1 is 1.85 bits per heavy atom. The summed E-state index contributed by atoms with van der Waals surface area (Å²) >= 11 is 1.86. The number of halogens is 1. The van der Waals surface area contributed by atoms with Crippen LogP contribution in [0.2, 0.25) is 0 Å². The molecule has 5 heteroatoms. The smallest absolute Gasteiger partial charge is 0.322 e. The van der Waals surface area contributed by atoms with E-state index in [2.05, 4.69) is 0 Å². The van der Waals surface area contributed by atoms with Gasteiger partial charge in [0.1, 0.15) is 10.0 Å². The maximum absolute atomic E-state index is 10.9. The highest BCUT2D eigenvalue weighted by Crippen LogP contribution is 2.34. The Balaban J connectivity index is 2.77. The molecule has 0 aromatic heterocycles. The molecule has 74 valence electrons. The van der Waals surface area contributed by atoms with Crippen LogP contribution < -0.4 is 0 Å². The number of alkyl halides is 1. The fraction of sp³-hybridized carbons (Fsp3) is 0.750. The third-order valence-electron chi connectivity index (χ3n) is 2.24. The molecule has 1 fully saturated rings. The highest BCUT2D eigenvalue weighted by molar-refractivity contribution is 14.1. The molecular weight excluding hydrogens is 287 g/mol. The second-order valence-electron chi connectivity index (χ2n) is 3.06. The van der Waals surface area contributed by atoms with E-state index in [4.69, 9.17) is 9.84 Å². The molecule has 13 heavy (non-hydrogen) atoms. The third kappa shape index (κ3) is 2.01. The standard InChI is InChI=1S/C8H11IO4/c1-2-8(9,7(11)12)6-3-5(10)4-13-6/h6H,2-4H2,1H3,(H,11,12)/t6?,8-/m1/s1. The predicted octanol–water partition coefficient (Wildman–Crippen LogP) is 1.01. The molecule has 0 aliphatic carbocycles. The molecule has 0 aromatic carbocycles. The maximum atomic E-state index is 10.9. The van der Waals surface area contributed by atoms with E-state index in [1.165, 1.54) is 0 Å². The topological polar surface area (TPSA) is 63.6 Å². The number of hydrogen-bond acceptors (Lipinski definition) is 3. The summed E-state index contributed by atoms with van der Waals surface area (Å²) in [5, 5.41) is 8.98. The molecule has 2 atom stereocenters. The van der Waals surface area contributed by atoms with Crippen molar-refractivity contribution in [1.82, 2.24) is 0 Å². The van der Waals surface area contributed by atoms with Gasteiger partial charge in [-0.05, 0) is 6.42 Å². The first-order valence-corrected chi connectivity index (χ1v) is 5.14. The number of carboxylic acids is 1. The van der Waals surface area contributed by atoms with Crippen molar-refractivity contribution in [2.45, 2.75) is 29.3 Å². The highest BCUT2D eigenvalue weighted by atomic mass is 127. The van der Waals surface area contributed by atoms with Crippen LogP contribution in [0.1, 0.15) is 19.8 Å². The van der Waals surface area contributed by atoms with E-state index in [9.17, 15) is 9.59 Å². The average molecular weight is 298 g/mol. The monoisotopic (exact) mass is 298 g/mol. The van der Waals surface area contributed by atoms with Crippen LogP contribution in [-0.4, -0.2) is 33.0 Å². The van der Waals surface area contributed by atoms with Crippen molar-refractivity contribution in [3.8, 4) is 0 Å². The highest BCUT2D eigenvalue weighted by Gasteiger charge is 2.46. The summed E-state index contributed by atoms with van der Waals surface area (Å²) in [6, 6.07) is 0. The second kappa shape index (κ2) is 3.91. The van der Waals surface area contributed by atoms with E-state index in [1.54, 1.807) is 6.92 Å². The third-order valence-corrected chi connectivity index (χ3v) is 4.16. The van der Waals surface area contributed by atoms with Crippen molar-refractivity contribution in [2.24, 2.45) is 0 Å². The number of carbonyl (C=O) groups is 2. The molecule has 0 spiro atoms. The normalized spacial score (nSPS) is 27.2. The van der Waals surface area contributed by atoms with E-state index < -0.39 is 15.5 Å². The van der Waals surface area contributed by atoms with Crippen molar-refractivity contribution < 1.29 is 19.4 Å². The van der Waals surface area contributed by atoms with Crippen molar-refractivity contribution in [1.29, 1.82) is 0 Å². The van der Waals surface area contributed by atoms with Gasteiger partial charge in [0, 0.05) is 6.42 Å². The minimum atomic E-state index is -0.954. The quantitative estimate of drug-likeness (QED) is 0.624. The minimum Gasteiger partial charge on any atom is -0.480 e. The van der Waals surface area contributed by atoms with E-state index in [-0.39, 0.29) is 18.8 Å². The van der Waals surface area contributed by atoms with Crippen LogP contribution in [0.4, 0.5) is 0 Å². The Hall–Kier alpha value is -0.170. The van der Waals surface area contributed by atoms with Crippen LogP contribution in [0, 0.1) is 0 Å². The van der Waals surface area contributed by atoms with Gasteiger partial charge in [-0.2, -0.15) is 0 Å². The SMILES string of the molecule is CC[C@](I)(C(=O)O)C1CC(=O)CO1. The Morgan fingerprint density at radius 2 is 2.46 bits per heavy atom. The summed E-state index contributed by atoms with van der Waals surface area (Å²) in [4.78, 5) is 21.9. The summed E-state index contributed by atoms with van der Waals surface area (Å²) < 4.78 is 4.19. The molecule has 0 aromatic rings. The Morgan fingerprint density at radius 3 is 2.77 bits per heavy atom. The second-order valence-corrected chi connectivity index (χ2v) is 4.99. The first-order chi connectivity index (χ1) is 6.00. The lowest BCUT2D eigenvalue weighted by molar-refractivity contribution is -0.142. The molecule has 0 saturated carbocycles. The molecule has 1 unspecified atom stereocenters. The molecule has 0 bridgehead atoms. The zero-order valence-corrected chi connectivity index (χ0v) is 9.41. The van der Waals surface area contributed by atoms with E-state index in [0.29, 0.717) is 6.42 Å². The first kappa shape index (κ1) is 10.9. The number of carboxylic acid groups (broad SMARTS) is 1. The van der Waals surface area contributed by atoms with Gasteiger partial charge >= 0.3 is 5.97 Å². The van der Waals surface area contributed by atoms with Gasteiger partial charge < -0.3 is 9.84 Å². The number of carbonyl (C=O) groups excluding carboxylic acids is 1. The molecule has 4 nitrogen and oxygen atoms in total. The summed E-state index contributed by atoms with van der Waals surface area (Å²) in [5.74, 6) is -0.920. The summed E-state index contributed by atoms with van der Waals surface area (Å²) in [7, 11) is 0. The lowest BCUT2D eigenvalue weighted by atomic mass is 9.97. The van der Waals surface area contributed by atoms with Crippen molar-refractivity contribution >= 4 is 34.3 Å². The van der Waals surface area contributed by atoms with Crippen LogP contribution >= 0.6 is 22.6 Å². The van der Waals surface area contributed by atoms with E-state index >= 15 is 0 Å². The number of ether oxygens (including phenoxy) is 1. The van der Waals surface area contributed by atoms with E-state index in [0.717, 1.165) is 0 Å².